The van der Waals surface area contributed by atoms with Gasteiger partial charge in [0.2, 0.25) is 0 Å². The molecule has 0 atom stereocenters. The number of benzene rings is 1. The molecule has 1 heterocycles. The number of rotatable bonds is 7. The number of carbonyl (C=O) groups is 1. The number of nitrogens with zero attached hydrogens (tertiary/aromatic N) is 3. The SMILES string of the molecule is C=CCN(CC1CCCCC1)C(=O)c1ccc(Cn2nc(C)cc2C)cc1. The van der Waals surface area contributed by atoms with Crippen molar-refractivity contribution in [1.82, 2.24) is 14.7 Å². The van der Waals surface area contributed by atoms with E-state index in [0.717, 1.165) is 35.6 Å². The molecule has 27 heavy (non-hydrogen) atoms. The van der Waals surface area contributed by atoms with Crippen molar-refractivity contribution in [2.75, 3.05) is 13.1 Å². The van der Waals surface area contributed by atoms with Gasteiger partial charge in [0.1, 0.15) is 0 Å². The third-order valence-electron chi connectivity index (χ3n) is 5.48. The third kappa shape index (κ3) is 5.09. The van der Waals surface area contributed by atoms with E-state index in [1.165, 1.54) is 32.1 Å². The van der Waals surface area contributed by atoms with Crippen LogP contribution in [0.1, 0.15) is 59.4 Å². The molecular formula is C23H31N3O. The topological polar surface area (TPSA) is 38.1 Å². The van der Waals surface area contributed by atoms with Crippen LogP contribution in [0.2, 0.25) is 0 Å². The molecule has 144 valence electrons. The predicted octanol–water partition coefficient (Wildman–Crippen LogP) is 4.76. The lowest BCUT2D eigenvalue weighted by atomic mass is 9.89. The third-order valence-corrected chi connectivity index (χ3v) is 5.48. The summed E-state index contributed by atoms with van der Waals surface area (Å²) in [5, 5.41) is 4.51. The first kappa shape index (κ1) is 19.4. The number of hydrogen-bond acceptors (Lipinski definition) is 2. The van der Waals surface area contributed by atoms with Gasteiger partial charge in [0, 0.05) is 24.3 Å². The molecule has 2 aromatic rings. The van der Waals surface area contributed by atoms with Gasteiger partial charge in [0.15, 0.2) is 0 Å². The Bertz CT molecular complexity index is 769. The summed E-state index contributed by atoms with van der Waals surface area (Å²) < 4.78 is 2.00. The highest BCUT2D eigenvalue weighted by molar-refractivity contribution is 5.94. The zero-order chi connectivity index (χ0) is 19.2. The molecule has 1 amide bonds. The summed E-state index contributed by atoms with van der Waals surface area (Å²) in [5.41, 5.74) is 4.09. The molecule has 0 unspecified atom stereocenters. The maximum atomic E-state index is 13.0. The Morgan fingerprint density at radius 3 is 2.52 bits per heavy atom. The van der Waals surface area contributed by atoms with Crippen molar-refractivity contribution in [1.29, 1.82) is 0 Å². The quantitative estimate of drug-likeness (QED) is 0.664. The lowest BCUT2D eigenvalue weighted by Crippen LogP contribution is -2.36. The Kier molecular flexibility index (Phi) is 6.49. The molecule has 4 heteroatoms. The molecule has 1 aromatic carbocycles. The normalized spacial score (nSPS) is 14.9. The Hall–Kier alpha value is -2.36. The van der Waals surface area contributed by atoms with Gasteiger partial charge in [-0.15, -0.1) is 6.58 Å². The smallest absolute Gasteiger partial charge is 0.254 e. The van der Waals surface area contributed by atoms with Crippen LogP contribution >= 0.6 is 0 Å². The molecule has 3 rings (SSSR count). The highest BCUT2D eigenvalue weighted by Crippen LogP contribution is 2.25. The van der Waals surface area contributed by atoms with Gasteiger partial charge >= 0.3 is 0 Å². The first-order valence-corrected chi connectivity index (χ1v) is 10.1. The van der Waals surface area contributed by atoms with E-state index >= 15 is 0 Å². The lowest BCUT2D eigenvalue weighted by molar-refractivity contribution is 0.0735. The average Bonchev–Trinajstić information content (AvgIpc) is 2.99. The van der Waals surface area contributed by atoms with Crippen LogP contribution in [0.3, 0.4) is 0 Å². The van der Waals surface area contributed by atoms with Crippen LogP contribution in [0.15, 0.2) is 43.0 Å². The van der Waals surface area contributed by atoms with Crippen molar-refractivity contribution in [2.45, 2.75) is 52.5 Å². The standard InChI is InChI=1S/C23H31N3O/c1-4-14-25(16-20-8-6-5-7-9-20)23(27)22-12-10-21(11-13-22)17-26-19(3)15-18(2)24-26/h4,10-13,15,20H,1,5-9,14,16-17H2,2-3H3. The van der Waals surface area contributed by atoms with Crippen molar-refractivity contribution in [3.63, 3.8) is 0 Å². The Labute approximate surface area is 162 Å². The Morgan fingerprint density at radius 2 is 1.93 bits per heavy atom. The summed E-state index contributed by atoms with van der Waals surface area (Å²) in [6.45, 7) is 10.1. The van der Waals surface area contributed by atoms with Gasteiger partial charge in [-0.05, 0) is 56.4 Å². The van der Waals surface area contributed by atoms with Crippen LogP contribution in [-0.4, -0.2) is 33.7 Å². The fourth-order valence-corrected chi connectivity index (χ4v) is 4.02. The summed E-state index contributed by atoms with van der Waals surface area (Å²) in [6.07, 6.45) is 8.23. The number of amides is 1. The molecule has 0 spiro atoms. The van der Waals surface area contributed by atoms with Crippen LogP contribution in [0.25, 0.3) is 0 Å². The van der Waals surface area contributed by atoms with Gasteiger partial charge in [-0.25, -0.2) is 0 Å². The maximum absolute atomic E-state index is 13.0. The molecule has 1 fully saturated rings. The first-order valence-electron chi connectivity index (χ1n) is 10.1. The second kappa shape index (κ2) is 9.03. The minimum absolute atomic E-state index is 0.109. The van der Waals surface area contributed by atoms with Crippen molar-refractivity contribution < 1.29 is 4.79 Å². The van der Waals surface area contributed by atoms with Gasteiger partial charge in [-0.3, -0.25) is 9.48 Å². The minimum atomic E-state index is 0.109. The predicted molar refractivity (Wildman–Crippen MR) is 110 cm³/mol. The van der Waals surface area contributed by atoms with E-state index in [2.05, 4.69) is 24.7 Å². The van der Waals surface area contributed by atoms with Gasteiger partial charge in [-0.2, -0.15) is 5.10 Å². The Balaban J connectivity index is 1.67. The van der Waals surface area contributed by atoms with Crippen molar-refractivity contribution in [3.05, 3.63) is 65.5 Å². The monoisotopic (exact) mass is 365 g/mol. The lowest BCUT2D eigenvalue weighted by Gasteiger charge is -2.29. The van der Waals surface area contributed by atoms with Crippen LogP contribution in [0.5, 0.6) is 0 Å². The van der Waals surface area contributed by atoms with Crippen molar-refractivity contribution >= 4 is 5.91 Å². The fourth-order valence-electron chi connectivity index (χ4n) is 4.02. The van der Waals surface area contributed by atoms with Gasteiger partial charge in [-0.1, -0.05) is 37.5 Å². The number of carbonyl (C=O) groups excluding carboxylic acids is 1. The number of aryl methyl sites for hydroxylation is 2. The van der Waals surface area contributed by atoms with Crippen LogP contribution < -0.4 is 0 Å². The summed E-state index contributed by atoms with van der Waals surface area (Å²) in [6, 6.07) is 10.0. The highest BCUT2D eigenvalue weighted by atomic mass is 16.2. The number of hydrogen-bond donors (Lipinski definition) is 0. The average molecular weight is 366 g/mol. The fraction of sp³-hybridized carbons (Fsp3) is 0.478. The maximum Gasteiger partial charge on any atom is 0.254 e. The van der Waals surface area contributed by atoms with E-state index in [0.29, 0.717) is 12.5 Å². The molecule has 0 saturated heterocycles. The molecule has 4 nitrogen and oxygen atoms in total. The second-order valence-corrected chi connectivity index (χ2v) is 7.78. The van der Waals surface area contributed by atoms with Gasteiger partial charge < -0.3 is 4.90 Å². The molecule has 1 saturated carbocycles. The summed E-state index contributed by atoms with van der Waals surface area (Å²) in [5.74, 6) is 0.742. The van der Waals surface area contributed by atoms with Crippen LogP contribution in [0.4, 0.5) is 0 Å². The zero-order valence-electron chi connectivity index (χ0n) is 16.7. The van der Waals surface area contributed by atoms with Crippen molar-refractivity contribution in [2.24, 2.45) is 5.92 Å². The minimum Gasteiger partial charge on any atom is -0.335 e. The molecule has 1 aromatic heterocycles. The summed E-state index contributed by atoms with van der Waals surface area (Å²) in [4.78, 5) is 15.0. The Morgan fingerprint density at radius 1 is 1.22 bits per heavy atom. The van der Waals surface area contributed by atoms with E-state index in [4.69, 9.17) is 0 Å². The molecular weight excluding hydrogens is 334 g/mol. The largest absolute Gasteiger partial charge is 0.335 e. The molecule has 1 aliphatic carbocycles. The molecule has 0 radical (unpaired) electrons. The van der Waals surface area contributed by atoms with Crippen molar-refractivity contribution in [3.8, 4) is 0 Å². The first-order chi connectivity index (χ1) is 13.1. The number of aromatic nitrogens is 2. The van der Waals surface area contributed by atoms with Crippen LogP contribution in [-0.2, 0) is 6.54 Å². The summed E-state index contributed by atoms with van der Waals surface area (Å²) in [7, 11) is 0. The molecule has 1 aliphatic rings. The molecule has 0 aliphatic heterocycles. The van der Waals surface area contributed by atoms with E-state index in [-0.39, 0.29) is 5.91 Å². The van der Waals surface area contributed by atoms with E-state index in [9.17, 15) is 4.79 Å². The van der Waals surface area contributed by atoms with Gasteiger partial charge in [0.05, 0.1) is 12.2 Å². The molecule has 0 bridgehead atoms. The van der Waals surface area contributed by atoms with E-state index in [1.54, 1.807) is 0 Å². The highest BCUT2D eigenvalue weighted by Gasteiger charge is 2.21. The zero-order valence-corrected chi connectivity index (χ0v) is 16.7. The summed E-state index contributed by atoms with van der Waals surface area (Å²) >= 11 is 0. The van der Waals surface area contributed by atoms with Gasteiger partial charge in [0.25, 0.3) is 5.91 Å². The van der Waals surface area contributed by atoms with E-state index < -0.39 is 0 Å². The van der Waals surface area contributed by atoms with E-state index in [1.807, 2.05) is 46.8 Å². The van der Waals surface area contributed by atoms with Crippen LogP contribution in [0, 0.1) is 19.8 Å². The molecule has 0 N–H and O–H groups in total. The second-order valence-electron chi connectivity index (χ2n) is 7.78.